The van der Waals surface area contributed by atoms with Crippen LogP contribution in [0.4, 0.5) is 0 Å². The average Bonchev–Trinajstić information content (AvgIpc) is 3.34. The molecule has 6 heteroatoms. The van der Waals surface area contributed by atoms with E-state index in [0.29, 0.717) is 31.5 Å². The van der Waals surface area contributed by atoms with Gasteiger partial charge >= 0.3 is 0 Å². The van der Waals surface area contributed by atoms with Gasteiger partial charge in [0.05, 0.1) is 32.6 Å². The number of ether oxygens (including phenoxy) is 1. The van der Waals surface area contributed by atoms with Gasteiger partial charge in [-0.2, -0.15) is 0 Å². The topological polar surface area (TPSA) is 79.0 Å². The highest BCUT2D eigenvalue weighted by atomic mass is 16.5. The molecule has 0 amide bonds. The van der Waals surface area contributed by atoms with E-state index >= 15 is 0 Å². The van der Waals surface area contributed by atoms with Crippen LogP contribution < -0.4 is 10.6 Å². The van der Waals surface area contributed by atoms with Crippen molar-refractivity contribution < 1.29 is 14.3 Å². The minimum atomic E-state index is -1.12. The quantitative estimate of drug-likeness (QED) is 0.341. The van der Waals surface area contributed by atoms with Crippen molar-refractivity contribution in [3.8, 4) is 0 Å². The predicted molar refractivity (Wildman–Crippen MR) is 122 cm³/mol. The van der Waals surface area contributed by atoms with Gasteiger partial charge in [-0.1, -0.05) is 54.6 Å². The minimum absolute atomic E-state index is 0.282. The number of guanidine groups is 1. The Morgan fingerprint density at radius 3 is 2.26 bits per heavy atom. The second kappa shape index (κ2) is 11.3. The number of hydrogen-bond acceptors (Lipinski definition) is 4. The molecule has 0 aliphatic rings. The second-order valence-electron chi connectivity index (χ2n) is 7.59. The largest absolute Gasteiger partial charge is 0.466 e. The van der Waals surface area contributed by atoms with Crippen molar-refractivity contribution >= 4 is 5.96 Å². The Morgan fingerprint density at radius 1 is 0.935 bits per heavy atom. The lowest BCUT2D eigenvalue weighted by atomic mass is 10.0. The molecule has 6 nitrogen and oxygen atoms in total. The number of furan rings is 1. The molecule has 0 radical (unpaired) electrons. The molecule has 3 rings (SSSR count). The van der Waals surface area contributed by atoms with E-state index in [0.717, 1.165) is 17.7 Å². The molecule has 31 heavy (non-hydrogen) atoms. The Labute approximate surface area is 184 Å². The van der Waals surface area contributed by atoms with Crippen molar-refractivity contribution in [3.63, 3.8) is 0 Å². The van der Waals surface area contributed by atoms with Gasteiger partial charge in [-0.25, -0.2) is 4.99 Å². The number of aliphatic imine (C=N–C) groups is 1. The number of hydrogen-bond donors (Lipinski definition) is 3. The highest BCUT2D eigenvalue weighted by Gasteiger charge is 2.26. The third-order valence-electron chi connectivity index (χ3n) is 4.82. The van der Waals surface area contributed by atoms with Crippen molar-refractivity contribution in [1.29, 1.82) is 0 Å². The molecule has 0 spiro atoms. The fourth-order valence-corrected chi connectivity index (χ4v) is 3.04. The van der Waals surface area contributed by atoms with Crippen LogP contribution in [0.1, 0.15) is 36.3 Å². The van der Waals surface area contributed by atoms with Crippen LogP contribution >= 0.6 is 0 Å². The molecule has 0 aliphatic carbocycles. The third-order valence-corrected chi connectivity index (χ3v) is 4.82. The molecule has 0 bridgehead atoms. The fourth-order valence-electron chi connectivity index (χ4n) is 3.04. The zero-order valence-electron chi connectivity index (χ0n) is 18.2. The molecule has 0 saturated heterocycles. The van der Waals surface area contributed by atoms with Crippen LogP contribution in [0, 0.1) is 0 Å². The third kappa shape index (κ3) is 7.27. The summed E-state index contributed by atoms with van der Waals surface area (Å²) in [5.41, 5.74) is 2.27. The van der Waals surface area contributed by atoms with E-state index in [4.69, 9.17) is 9.15 Å². The number of benzene rings is 2. The normalized spacial score (nSPS) is 13.6. The Hall–Kier alpha value is -3.09. The molecular formula is C25H31N3O3. The highest BCUT2D eigenvalue weighted by molar-refractivity contribution is 5.79. The first-order valence-corrected chi connectivity index (χ1v) is 10.5. The van der Waals surface area contributed by atoms with E-state index in [-0.39, 0.29) is 6.54 Å². The SMILES string of the molecule is CCNC(=NCc1ccc(COCc2ccccc2)cc1)NCC(C)(O)c1ccco1. The number of rotatable bonds is 10. The second-order valence-corrected chi connectivity index (χ2v) is 7.59. The Morgan fingerprint density at radius 2 is 1.61 bits per heavy atom. The Balaban J connectivity index is 1.49. The number of nitrogens with one attached hydrogen (secondary N) is 2. The van der Waals surface area contributed by atoms with Crippen LogP contribution in [0.2, 0.25) is 0 Å². The van der Waals surface area contributed by atoms with Gasteiger partial charge in [0.15, 0.2) is 5.96 Å². The molecule has 1 aromatic heterocycles. The Bertz CT molecular complexity index is 920. The average molecular weight is 422 g/mol. The van der Waals surface area contributed by atoms with Crippen molar-refractivity contribution in [2.45, 2.75) is 39.2 Å². The summed E-state index contributed by atoms with van der Waals surface area (Å²) < 4.78 is 11.1. The number of aliphatic hydroxyl groups is 1. The Kier molecular flexibility index (Phi) is 8.27. The lowest BCUT2D eigenvalue weighted by Gasteiger charge is -2.22. The maximum absolute atomic E-state index is 10.6. The van der Waals surface area contributed by atoms with Crippen molar-refractivity contribution in [2.24, 2.45) is 4.99 Å². The highest BCUT2D eigenvalue weighted by Crippen LogP contribution is 2.19. The molecule has 0 saturated carbocycles. The van der Waals surface area contributed by atoms with Crippen LogP contribution in [0.3, 0.4) is 0 Å². The van der Waals surface area contributed by atoms with Gasteiger partial charge in [0.2, 0.25) is 0 Å². The molecule has 164 valence electrons. The summed E-state index contributed by atoms with van der Waals surface area (Å²) in [4.78, 5) is 4.62. The van der Waals surface area contributed by atoms with Crippen molar-refractivity contribution in [1.82, 2.24) is 10.6 Å². The smallest absolute Gasteiger partial charge is 0.191 e. The minimum Gasteiger partial charge on any atom is -0.466 e. The van der Waals surface area contributed by atoms with E-state index in [1.54, 1.807) is 25.3 Å². The summed E-state index contributed by atoms with van der Waals surface area (Å²) in [5.74, 6) is 1.16. The first-order chi connectivity index (χ1) is 15.1. The van der Waals surface area contributed by atoms with E-state index in [1.165, 1.54) is 5.56 Å². The van der Waals surface area contributed by atoms with Crippen molar-refractivity contribution in [3.05, 3.63) is 95.4 Å². The predicted octanol–water partition coefficient (Wildman–Crippen LogP) is 3.96. The van der Waals surface area contributed by atoms with Crippen LogP contribution in [-0.2, 0) is 30.1 Å². The molecule has 2 aromatic carbocycles. The first kappa shape index (κ1) is 22.6. The zero-order valence-corrected chi connectivity index (χ0v) is 18.2. The molecule has 3 N–H and O–H groups in total. The molecule has 1 unspecified atom stereocenters. The lowest BCUT2D eigenvalue weighted by molar-refractivity contribution is 0.0386. The van der Waals surface area contributed by atoms with Crippen LogP contribution in [0.5, 0.6) is 0 Å². The van der Waals surface area contributed by atoms with Crippen LogP contribution in [0.25, 0.3) is 0 Å². The number of nitrogens with zero attached hydrogens (tertiary/aromatic N) is 1. The van der Waals surface area contributed by atoms with E-state index in [1.807, 2.05) is 25.1 Å². The van der Waals surface area contributed by atoms with Gasteiger partial charge in [-0.3, -0.25) is 0 Å². The summed E-state index contributed by atoms with van der Waals surface area (Å²) in [7, 11) is 0. The summed E-state index contributed by atoms with van der Waals surface area (Å²) in [6.45, 7) is 6.43. The van der Waals surface area contributed by atoms with E-state index in [2.05, 4.69) is 52.0 Å². The van der Waals surface area contributed by atoms with Crippen LogP contribution in [0.15, 0.2) is 82.4 Å². The van der Waals surface area contributed by atoms with Gasteiger partial charge < -0.3 is 24.9 Å². The molecule has 0 aliphatic heterocycles. The molecular weight excluding hydrogens is 390 g/mol. The zero-order chi connectivity index (χ0) is 21.9. The summed E-state index contributed by atoms with van der Waals surface area (Å²) in [6, 6.07) is 21.9. The molecule has 1 heterocycles. The first-order valence-electron chi connectivity index (χ1n) is 10.5. The summed E-state index contributed by atoms with van der Waals surface area (Å²) >= 11 is 0. The summed E-state index contributed by atoms with van der Waals surface area (Å²) in [5, 5.41) is 17.0. The van der Waals surface area contributed by atoms with E-state index in [9.17, 15) is 5.11 Å². The van der Waals surface area contributed by atoms with Crippen LogP contribution in [-0.4, -0.2) is 24.2 Å². The summed E-state index contributed by atoms with van der Waals surface area (Å²) in [6.07, 6.45) is 1.56. The van der Waals surface area contributed by atoms with E-state index < -0.39 is 5.60 Å². The molecule has 3 aromatic rings. The van der Waals surface area contributed by atoms with Gasteiger partial charge in [-0.05, 0) is 42.7 Å². The maximum atomic E-state index is 10.6. The lowest BCUT2D eigenvalue weighted by Crippen LogP contribution is -2.44. The fraction of sp³-hybridized carbons (Fsp3) is 0.320. The van der Waals surface area contributed by atoms with Gasteiger partial charge in [0.1, 0.15) is 11.4 Å². The standard InChI is InChI=1S/C25H31N3O3/c1-3-26-24(28-19-25(2,29)23-10-7-15-31-23)27-16-20-11-13-22(14-12-20)18-30-17-21-8-5-4-6-9-21/h4-15,29H,3,16-19H2,1-2H3,(H2,26,27,28). The monoisotopic (exact) mass is 421 g/mol. The van der Waals surface area contributed by atoms with Gasteiger partial charge in [0, 0.05) is 6.54 Å². The van der Waals surface area contributed by atoms with Crippen molar-refractivity contribution in [2.75, 3.05) is 13.1 Å². The maximum Gasteiger partial charge on any atom is 0.191 e. The van der Waals surface area contributed by atoms with Gasteiger partial charge in [-0.15, -0.1) is 0 Å². The molecule has 1 atom stereocenters. The van der Waals surface area contributed by atoms with Gasteiger partial charge in [0.25, 0.3) is 0 Å². The molecule has 0 fully saturated rings.